The van der Waals surface area contributed by atoms with E-state index in [1.165, 1.54) is 0 Å². The van der Waals surface area contributed by atoms with Gasteiger partial charge in [-0.25, -0.2) is 36.4 Å². The van der Waals surface area contributed by atoms with Crippen LogP contribution in [0.1, 0.15) is 0 Å². The molecule has 0 aromatic heterocycles. The molecule has 0 aliphatic rings. The standard InChI is InChI=1S/3C5H5.Ac/c3*1-2-4-5-3-1;/h3*1-5H;/q3*-1;. The first-order valence-corrected chi connectivity index (χ1v) is 5.00. The molecular weight excluding hydrogens is 407 g/mol. The summed E-state index contributed by atoms with van der Waals surface area (Å²) in [7, 11) is 0. The van der Waals surface area contributed by atoms with Crippen LogP contribution < -0.4 is 0 Å². The molecule has 0 amide bonds. The van der Waals surface area contributed by atoms with E-state index in [-0.39, 0.29) is 44.1 Å². The Bertz CT molecular complexity index is 237. The molecule has 0 bridgehead atoms. The van der Waals surface area contributed by atoms with E-state index in [1.807, 2.05) is 91.0 Å². The maximum absolute atomic E-state index is 2.00. The van der Waals surface area contributed by atoms with Crippen LogP contribution in [-0.4, -0.2) is 0 Å². The molecular formula is C15H15Ac-3. The van der Waals surface area contributed by atoms with E-state index in [0.717, 1.165) is 0 Å². The van der Waals surface area contributed by atoms with Crippen molar-refractivity contribution in [2.24, 2.45) is 0 Å². The van der Waals surface area contributed by atoms with E-state index < -0.39 is 0 Å². The van der Waals surface area contributed by atoms with Crippen molar-refractivity contribution in [3.63, 3.8) is 0 Å². The zero-order valence-electron chi connectivity index (χ0n) is 9.24. The summed E-state index contributed by atoms with van der Waals surface area (Å²) in [6.07, 6.45) is 0. The molecule has 3 aromatic rings. The summed E-state index contributed by atoms with van der Waals surface area (Å²) < 4.78 is 0. The Hall–Kier alpha value is -0.508. The third kappa shape index (κ3) is 10.0. The van der Waals surface area contributed by atoms with Gasteiger partial charge in [-0.05, 0) is 0 Å². The van der Waals surface area contributed by atoms with Gasteiger partial charge in [0, 0.05) is 44.1 Å². The van der Waals surface area contributed by atoms with Gasteiger partial charge in [0.1, 0.15) is 0 Å². The van der Waals surface area contributed by atoms with Crippen LogP contribution in [0.3, 0.4) is 0 Å². The van der Waals surface area contributed by atoms with Crippen LogP contribution in [0.2, 0.25) is 0 Å². The van der Waals surface area contributed by atoms with E-state index in [4.69, 9.17) is 0 Å². The maximum atomic E-state index is 2.00. The van der Waals surface area contributed by atoms with E-state index in [0.29, 0.717) is 0 Å². The number of hydrogen-bond acceptors (Lipinski definition) is 0. The van der Waals surface area contributed by atoms with Crippen molar-refractivity contribution in [2.75, 3.05) is 0 Å². The summed E-state index contributed by atoms with van der Waals surface area (Å²) in [5.74, 6) is 0. The quantitative estimate of drug-likeness (QED) is 0.476. The van der Waals surface area contributed by atoms with Crippen molar-refractivity contribution in [3.05, 3.63) is 91.0 Å². The van der Waals surface area contributed by atoms with Gasteiger partial charge in [-0.1, -0.05) is 0 Å². The predicted octanol–water partition coefficient (Wildman–Crippen LogP) is 4.22. The van der Waals surface area contributed by atoms with E-state index >= 15 is 0 Å². The van der Waals surface area contributed by atoms with Crippen LogP contribution in [0.25, 0.3) is 0 Å². The molecule has 0 atom stereocenters. The summed E-state index contributed by atoms with van der Waals surface area (Å²) in [5, 5.41) is 0. The van der Waals surface area contributed by atoms with Gasteiger partial charge in [0.25, 0.3) is 0 Å². The summed E-state index contributed by atoms with van der Waals surface area (Å²) in [5.41, 5.74) is 0. The second-order valence-electron chi connectivity index (χ2n) is 2.89. The molecule has 3 rings (SSSR count). The first-order valence-electron chi connectivity index (χ1n) is 5.00. The van der Waals surface area contributed by atoms with Crippen LogP contribution in [0.5, 0.6) is 0 Å². The van der Waals surface area contributed by atoms with Gasteiger partial charge in [-0.15, -0.1) is 0 Å². The Morgan fingerprint density at radius 2 is 0.562 bits per heavy atom. The zero-order valence-corrected chi connectivity index (χ0v) is 14.0. The SMILES string of the molecule is [Ac].c1cc[cH-]c1.c1cc[cH-]c1.c1cc[cH-]c1. The summed E-state index contributed by atoms with van der Waals surface area (Å²) in [6, 6.07) is 30.0. The fraction of sp³-hybridized carbons (Fsp3) is 0. The minimum atomic E-state index is 0. The average Bonchev–Trinajstić information content (AvgIpc) is 3.09. The summed E-state index contributed by atoms with van der Waals surface area (Å²) >= 11 is 0. The van der Waals surface area contributed by atoms with Gasteiger partial charge in [0.05, 0.1) is 0 Å². The molecule has 0 heterocycles. The van der Waals surface area contributed by atoms with Gasteiger partial charge in [-0.3, -0.25) is 0 Å². The average molecular weight is 422 g/mol. The van der Waals surface area contributed by atoms with Gasteiger partial charge < -0.3 is 0 Å². The maximum Gasteiger partial charge on any atom is 0 e. The van der Waals surface area contributed by atoms with E-state index in [2.05, 4.69) is 0 Å². The zero-order chi connectivity index (χ0) is 10.6. The fourth-order valence-electron chi connectivity index (χ4n) is 0.962. The van der Waals surface area contributed by atoms with Crippen molar-refractivity contribution >= 4 is 0 Å². The molecule has 0 N–H and O–H groups in total. The molecule has 0 nitrogen and oxygen atoms in total. The largest absolute Gasteiger partial charge is 0.214 e. The predicted molar refractivity (Wildman–Crippen MR) is 66.1 cm³/mol. The molecule has 0 unspecified atom stereocenters. The number of rotatable bonds is 0. The Kier molecular flexibility index (Phi) is 12.2. The first-order chi connectivity index (χ1) is 7.50. The van der Waals surface area contributed by atoms with Crippen molar-refractivity contribution in [1.29, 1.82) is 0 Å². The van der Waals surface area contributed by atoms with Crippen molar-refractivity contribution in [2.45, 2.75) is 0 Å². The topological polar surface area (TPSA) is 0 Å². The Balaban J connectivity index is 0.000000205. The second-order valence-corrected chi connectivity index (χ2v) is 2.89. The van der Waals surface area contributed by atoms with E-state index in [9.17, 15) is 0 Å². The van der Waals surface area contributed by atoms with Crippen LogP contribution in [0.4, 0.5) is 0 Å². The van der Waals surface area contributed by atoms with Crippen LogP contribution in [0, 0.1) is 44.1 Å². The minimum absolute atomic E-state index is 0. The van der Waals surface area contributed by atoms with Gasteiger partial charge in [0.15, 0.2) is 0 Å². The third-order valence-corrected chi connectivity index (χ3v) is 1.67. The van der Waals surface area contributed by atoms with Crippen LogP contribution in [-0.2, 0) is 0 Å². The van der Waals surface area contributed by atoms with Crippen molar-refractivity contribution < 1.29 is 44.1 Å². The van der Waals surface area contributed by atoms with Crippen LogP contribution >= 0.6 is 0 Å². The van der Waals surface area contributed by atoms with Gasteiger partial charge in [0.2, 0.25) is 0 Å². The minimum Gasteiger partial charge on any atom is -0.214 e. The molecule has 81 valence electrons. The number of hydrogen-bond donors (Lipinski definition) is 0. The Labute approximate surface area is 134 Å². The fourth-order valence-corrected chi connectivity index (χ4v) is 0.962. The smallest absolute Gasteiger partial charge is 0 e. The Morgan fingerprint density at radius 3 is 0.625 bits per heavy atom. The van der Waals surface area contributed by atoms with Crippen molar-refractivity contribution in [3.8, 4) is 0 Å². The normalized spacial score (nSPS) is 7.50. The molecule has 16 heavy (non-hydrogen) atoms. The third-order valence-electron chi connectivity index (χ3n) is 1.67. The molecule has 1 heteroatoms. The monoisotopic (exact) mass is 422 g/mol. The van der Waals surface area contributed by atoms with Crippen molar-refractivity contribution in [1.82, 2.24) is 0 Å². The summed E-state index contributed by atoms with van der Waals surface area (Å²) in [6.45, 7) is 0. The molecule has 0 spiro atoms. The molecule has 3 aromatic carbocycles. The van der Waals surface area contributed by atoms with Gasteiger partial charge >= 0.3 is 0 Å². The molecule has 0 saturated heterocycles. The molecule has 0 aliphatic heterocycles. The Morgan fingerprint density at radius 1 is 0.375 bits per heavy atom. The molecule has 1 radical (unpaired) electrons. The van der Waals surface area contributed by atoms with Crippen LogP contribution in [0.15, 0.2) is 91.0 Å². The van der Waals surface area contributed by atoms with E-state index in [1.54, 1.807) is 0 Å². The molecule has 0 fully saturated rings. The second kappa shape index (κ2) is 12.6. The first kappa shape index (κ1) is 15.5. The van der Waals surface area contributed by atoms with Gasteiger partial charge in [-0.2, -0.15) is 54.6 Å². The molecule has 0 saturated carbocycles. The summed E-state index contributed by atoms with van der Waals surface area (Å²) in [4.78, 5) is 0. The molecule has 0 aliphatic carbocycles.